The molecule has 2 saturated heterocycles. The van der Waals surface area contributed by atoms with Crippen LogP contribution in [0.3, 0.4) is 0 Å². The summed E-state index contributed by atoms with van der Waals surface area (Å²) in [5.41, 5.74) is 9.52. The molecule has 4 aliphatic rings. The van der Waals surface area contributed by atoms with Gasteiger partial charge in [0.15, 0.2) is 5.78 Å². The number of aromatic amines is 1. The molecule has 202 valence electrons. The maximum absolute atomic E-state index is 13.9. The average molecular weight is 522 g/mol. The first-order chi connectivity index (χ1) is 18.4. The maximum Gasteiger partial charge on any atom is 0.334 e. The molecule has 3 heterocycles. The summed E-state index contributed by atoms with van der Waals surface area (Å²) in [5, 5.41) is 11.0. The number of hydrogen-bond donors (Lipinski definition) is 2. The van der Waals surface area contributed by atoms with Crippen LogP contribution in [0.25, 0.3) is 11.3 Å². The number of aromatic nitrogens is 2. The molecule has 38 heavy (non-hydrogen) atoms. The normalized spacial score (nSPS) is 24.2. The van der Waals surface area contributed by atoms with Crippen molar-refractivity contribution in [1.82, 2.24) is 25.0 Å². The van der Waals surface area contributed by atoms with Crippen molar-refractivity contribution in [3.05, 3.63) is 35.0 Å². The van der Waals surface area contributed by atoms with Gasteiger partial charge in [0.05, 0.1) is 35.7 Å². The zero-order chi connectivity index (χ0) is 26.4. The summed E-state index contributed by atoms with van der Waals surface area (Å²) in [6, 6.07) is 4.83. The van der Waals surface area contributed by atoms with Crippen LogP contribution in [0.1, 0.15) is 53.2 Å². The third kappa shape index (κ3) is 4.28. The zero-order valence-corrected chi connectivity index (χ0v) is 21.8. The molecule has 0 atom stereocenters. The number of nitrogens with zero attached hydrogens (tertiary/aromatic N) is 5. The van der Waals surface area contributed by atoms with E-state index in [0.717, 1.165) is 57.6 Å². The van der Waals surface area contributed by atoms with E-state index in [1.165, 1.54) is 5.01 Å². The molecule has 6 rings (SSSR count). The summed E-state index contributed by atoms with van der Waals surface area (Å²) in [6.07, 6.45) is 3.28. The summed E-state index contributed by atoms with van der Waals surface area (Å²) in [5.74, 6) is 0.317. The predicted octanol–water partition coefficient (Wildman–Crippen LogP) is 1.80. The van der Waals surface area contributed by atoms with Crippen LogP contribution < -0.4 is 10.7 Å². The first-order valence-corrected chi connectivity index (χ1v) is 13.6. The van der Waals surface area contributed by atoms with Crippen LogP contribution in [0.4, 0.5) is 10.5 Å². The Kier molecular flexibility index (Phi) is 6.67. The summed E-state index contributed by atoms with van der Waals surface area (Å²) in [7, 11) is 2.09. The third-order valence-corrected chi connectivity index (χ3v) is 8.55. The zero-order valence-electron chi connectivity index (χ0n) is 21.8. The van der Waals surface area contributed by atoms with Gasteiger partial charge in [0.25, 0.3) is 0 Å². The predicted molar refractivity (Wildman–Crippen MR) is 141 cm³/mol. The molecule has 2 aliphatic heterocycles. The van der Waals surface area contributed by atoms with Crippen LogP contribution in [0, 0.1) is 5.92 Å². The molecule has 0 bridgehead atoms. The molecule has 3 fully saturated rings. The molecule has 0 unspecified atom stereocenters. The van der Waals surface area contributed by atoms with Crippen molar-refractivity contribution in [2.75, 3.05) is 64.5 Å². The Morgan fingerprint density at radius 3 is 2.42 bits per heavy atom. The van der Waals surface area contributed by atoms with Crippen molar-refractivity contribution >= 4 is 23.4 Å². The van der Waals surface area contributed by atoms with Crippen LogP contribution >= 0.6 is 0 Å². The average Bonchev–Trinajstić information content (AvgIpc) is 3.49. The minimum Gasteiger partial charge on any atom is -0.379 e. The van der Waals surface area contributed by atoms with Gasteiger partial charge in [-0.3, -0.25) is 14.7 Å². The highest BCUT2D eigenvalue weighted by Gasteiger charge is 2.40. The number of rotatable bonds is 4. The number of likely N-dealkylation sites (N-methyl/N-ethyl adjacent to an activating group) is 1. The number of piperazine rings is 1. The van der Waals surface area contributed by atoms with Gasteiger partial charge in [-0.15, -0.1) is 0 Å². The molecule has 1 aromatic carbocycles. The van der Waals surface area contributed by atoms with E-state index < -0.39 is 6.03 Å². The minimum absolute atomic E-state index is 0.0442. The maximum atomic E-state index is 13.9. The number of carbonyl (C=O) groups is 3. The summed E-state index contributed by atoms with van der Waals surface area (Å²) in [6.45, 7) is 5.42. The Morgan fingerprint density at radius 1 is 1.03 bits per heavy atom. The molecule has 2 aliphatic carbocycles. The van der Waals surface area contributed by atoms with E-state index in [1.807, 2.05) is 22.0 Å². The first kappa shape index (κ1) is 25.0. The highest BCUT2D eigenvalue weighted by molar-refractivity contribution is 6.25. The smallest absolute Gasteiger partial charge is 0.334 e. The number of nitrogens with one attached hydrogen (secondary N) is 1. The molecule has 2 aromatic rings. The lowest BCUT2D eigenvalue weighted by molar-refractivity contribution is -0.138. The molecule has 1 saturated carbocycles. The number of anilines is 1. The summed E-state index contributed by atoms with van der Waals surface area (Å²) < 4.78 is 5.43. The molecular formula is C27H35N7O4. The SMILES string of the molecule is CN1CCN(C(=O)[C@H]2CC[C@H](c3[nH]nc4c3C(=O)c3c-4cccc3N(C(N)=O)N3CCOCC3)CC2)CC1. The summed E-state index contributed by atoms with van der Waals surface area (Å²) >= 11 is 0. The van der Waals surface area contributed by atoms with Crippen molar-refractivity contribution < 1.29 is 19.1 Å². The Balaban J connectivity index is 1.21. The van der Waals surface area contributed by atoms with Gasteiger partial charge in [0.2, 0.25) is 5.91 Å². The highest BCUT2D eigenvalue weighted by Crippen LogP contribution is 2.46. The first-order valence-electron chi connectivity index (χ1n) is 13.6. The van der Waals surface area contributed by atoms with Gasteiger partial charge in [-0.1, -0.05) is 12.1 Å². The van der Waals surface area contributed by atoms with Gasteiger partial charge in [0.1, 0.15) is 5.69 Å². The second-order valence-corrected chi connectivity index (χ2v) is 10.8. The number of morpholine rings is 1. The van der Waals surface area contributed by atoms with Gasteiger partial charge in [0, 0.05) is 56.7 Å². The fourth-order valence-corrected chi connectivity index (χ4v) is 6.43. The number of urea groups is 1. The lowest BCUT2D eigenvalue weighted by Crippen LogP contribution is -2.54. The van der Waals surface area contributed by atoms with Crippen LogP contribution in [-0.2, 0) is 9.53 Å². The fraction of sp³-hybridized carbons (Fsp3) is 0.556. The topological polar surface area (TPSA) is 128 Å². The number of benzene rings is 1. The van der Waals surface area contributed by atoms with Crippen LogP contribution in [0.2, 0.25) is 0 Å². The summed E-state index contributed by atoms with van der Waals surface area (Å²) in [4.78, 5) is 43.8. The number of ether oxygens (including phenoxy) is 1. The molecule has 3 amide bonds. The van der Waals surface area contributed by atoms with Crippen molar-refractivity contribution in [2.24, 2.45) is 11.7 Å². The van der Waals surface area contributed by atoms with E-state index in [2.05, 4.69) is 22.1 Å². The van der Waals surface area contributed by atoms with E-state index >= 15 is 0 Å². The van der Waals surface area contributed by atoms with Crippen LogP contribution in [0.5, 0.6) is 0 Å². The Labute approximate surface area is 221 Å². The Bertz CT molecular complexity index is 1240. The monoisotopic (exact) mass is 521 g/mol. The lowest BCUT2D eigenvalue weighted by Gasteiger charge is -2.36. The number of hydrogen-bond acceptors (Lipinski definition) is 7. The second-order valence-electron chi connectivity index (χ2n) is 10.8. The molecule has 3 N–H and O–H groups in total. The number of nitrogens with two attached hydrogens (primary N) is 1. The number of amides is 3. The van der Waals surface area contributed by atoms with Gasteiger partial charge < -0.3 is 20.3 Å². The van der Waals surface area contributed by atoms with Gasteiger partial charge in [-0.25, -0.2) is 14.8 Å². The van der Waals surface area contributed by atoms with Crippen molar-refractivity contribution in [3.63, 3.8) is 0 Å². The number of hydrazine groups is 1. The largest absolute Gasteiger partial charge is 0.379 e. The van der Waals surface area contributed by atoms with Gasteiger partial charge in [-0.05, 0) is 38.8 Å². The Hall–Kier alpha value is -3.28. The number of H-pyrrole nitrogens is 1. The van der Waals surface area contributed by atoms with Crippen molar-refractivity contribution in [2.45, 2.75) is 31.6 Å². The van der Waals surface area contributed by atoms with Gasteiger partial charge in [-0.2, -0.15) is 5.10 Å². The quantitative estimate of drug-likeness (QED) is 0.536. The minimum atomic E-state index is -0.636. The molecule has 11 heteroatoms. The number of carbonyl (C=O) groups excluding carboxylic acids is 3. The van der Waals surface area contributed by atoms with E-state index in [4.69, 9.17) is 10.5 Å². The van der Waals surface area contributed by atoms with Crippen LogP contribution in [-0.4, -0.2) is 102 Å². The van der Waals surface area contributed by atoms with Crippen molar-refractivity contribution in [3.8, 4) is 11.3 Å². The standard InChI is InChI=1S/C27H35N7O4/c1-31-9-11-32(12-10-31)26(36)18-7-5-17(6-8-18)23-22-24(30-29-23)19-3-2-4-20(21(19)25(22)35)34(27(28)37)33-13-15-38-16-14-33/h2-4,17-18H,5-16H2,1H3,(H2,28,37)(H,29,30)/t17-,18-. The number of fused-ring (bicyclic) bond motifs is 3. The van der Waals surface area contributed by atoms with Gasteiger partial charge >= 0.3 is 6.03 Å². The van der Waals surface area contributed by atoms with Crippen LogP contribution in [0.15, 0.2) is 18.2 Å². The van der Waals surface area contributed by atoms with E-state index in [1.54, 1.807) is 6.07 Å². The van der Waals surface area contributed by atoms with Crippen molar-refractivity contribution in [1.29, 1.82) is 0 Å². The number of ketones is 1. The molecule has 0 radical (unpaired) electrons. The molecule has 1 aromatic heterocycles. The molecule has 0 spiro atoms. The van der Waals surface area contributed by atoms with E-state index in [-0.39, 0.29) is 23.5 Å². The Morgan fingerprint density at radius 2 is 1.74 bits per heavy atom. The highest BCUT2D eigenvalue weighted by atomic mass is 16.5. The third-order valence-electron chi connectivity index (χ3n) is 8.55. The second kappa shape index (κ2) is 10.1. The number of primary amides is 1. The molecular weight excluding hydrogens is 486 g/mol. The molecule has 11 nitrogen and oxygen atoms in total. The van der Waals surface area contributed by atoms with E-state index in [9.17, 15) is 14.4 Å². The fourth-order valence-electron chi connectivity index (χ4n) is 6.43. The lowest BCUT2D eigenvalue weighted by atomic mass is 9.78. The van der Waals surface area contributed by atoms with E-state index in [0.29, 0.717) is 54.4 Å².